The van der Waals surface area contributed by atoms with E-state index in [4.69, 9.17) is 5.53 Å². The van der Waals surface area contributed by atoms with E-state index >= 15 is 0 Å². The van der Waals surface area contributed by atoms with Crippen LogP contribution in [0.25, 0.3) is 10.4 Å². The van der Waals surface area contributed by atoms with E-state index in [-0.39, 0.29) is 11.9 Å². The third kappa shape index (κ3) is 1.68. The molecule has 0 aliphatic carbocycles. The fourth-order valence-corrected chi connectivity index (χ4v) is 1.32. The highest BCUT2D eigenvalue weighted by Crippen LogP contribution is 2.18. The van der Waals surface area contributed by atoms with Crippen LogP contribution < -0.4 is 5.32 Å². The number of nitrogens with zero attached hydrogens (tertiary/aromatic N) is 3. The van der Waals surface area contributed by atoms with Crippen molar-refractivity contribution in [2.75, 3.05) is 0 Å². The highest BCUT2D eigenvalue weighted by molar-refractivity contribution is 5.89. The van der Waals surface area contributed by atoms with Crippen molar-refractivity contribution in [1.82, 2.24) is 5.32 Å². The Morgan fingerprint density at radius 2 is 2.42 bits per heavy atom. The highest BCUT2D eigenvalue weighted by Gasteiger charge is 2.38. The standard InChI is InChI=1S/C7H12N4O/c1-4(2)3-5-6(10-11-8)7(12)9-5/h4-6H,3H2,1-2H3,(H,9,12). The van der Waals surface area contributed by atoms with E-state index in [1.807, 2.05) is 0 Å². The zero-order valence-corrected chi connectivity index (χ0v) is 7.19. The van der Waals surface area contributed by atoms with Crippen molar-refractivity contribution in [2.45, 2.75) is 32.4 Å². The lowest BCUT2D eigenvalue weighted by Gasteiger charge is -2.34. The van der Waals surface area contributed by atoms with Crippen molar-refractivity contribution in [3.63, 3.8) is 0 Å². The molecule has 2 unspecified atom stereocenters. The number of rotatable bonds is 3. The average Bonchev–Trinajstić information content (AvgIpc) is 1.99. The summed E-state index contributed by atoms with van der Waals surface area (Å²) in [6.07, 6.45) is 0.870. The van der Waals surface area contributed by atoms with E-state index in [1.165, 1.54) is 0 Å². The maximum Gasteiger partial charge on any atom is 0.231 e. The number of amides is 1. The molecule has 1 amide bonds. The highest BCUT2D eigenvalue weighted by atomic mass is 16.2. The van der Waals surface area contributed by atoms with Gasteiger partial charge >= 0.3 is 0 Å². The van der Waals surface area contributed by atoms with Crippen LogP contribution in [-0.4, -0.2) is 18.0 Å². The van der Waals surface area contributed by atoms with Gasteiger partial charge in [0.1, 0.15) is 6.04 Å². The largest absolute Gasteiger partial charge is 0.352 e. The first-order chi connectivity index (χ1) is 5.65. The molecule has 0 radical (unpaired) electrons. The minimum absolute atomic E-state index is 0.0494. The number of azide groups is 1. The molecule has 0 aromatic heterocycles. The normalized spacial score (nSPS) is 27.4. The van der Waals surface area contributed by atoms with Crippen LogP contribution in [0, 0.1) is 5.92 Å². The zero-order chi connectivity index (χ0) is 9.14. The lowest BCUT2D eigenvalue weighted by atomic mass is 9.91. The molecule has 0 saturated carbocycles. The molecule has 1 aliphatic rings. The maximum absolute atomic E-state index is 10.8. The predicted molar refractivity (Wildman–Crippen MR) is 44.3 cm³/mol. The van der Waals surface area contributed by atoms with Gasteiger partial charge in [0.15, 0.2) is 0 Å². The molecular formula is C7H12N4O. The molecule has 1 fully saturated rings. The summed E-state index contributed by atoms with van der Waals surface area (Å²) < 4.78 is 0. The lowest BCUT2D eigenvalue weighted by molar-refractivity contribution is -0.130. The lowest BCUT2D eigenvalue weighted by Crippen LogP contribution is -2.61. The van der Waals surface area contributed by atoms with Crippen molar-refractivity contribution in [1.29, 1.82) is 0 Å². The number of carbonyl (C=O) groups is 1. The molecule has 0 aromatic rings. The van der Waals surface area contributed by atoms with Crippen molar-refractivity contribution in [2.24, 2.45) is 11.0 Å². The molecule has 5 heteroatoms. The second-order valence-corrected chi connectivity index (χ2v) is 3.39. The van der Waals surface area contributed by atoms with E-state index in [0.29, 0.717) is 5.92 Å². The van der Waals surface area contributed by atoms with Gasteiger partial charge in [0.2, 0.25) is 5.91 Å². The molecule has 0 bridgehead atoms. The van der Waals surface area contributed by atoms with Gasteiger partial charge in [0, 0.05) is 11.0 Å². The monoisotopic (exact) mass is 168 g/mol. The van der Waals surface area contributed by atoms with Crippen molar-refractivity contribution >= 4 is 5.91 Å². The summed E-state index contributed by atoms with van der Waals surface area (Å²) in [6.45, 7) is 4.13. The van der Waals surface area contributed by atoms with Crippen LogP contribution in [0.3, 0.4) is 0 Å². The van der Waals surface area contributed by atoms with Crippen molar-refractivity contribution in [3.8, 4) is 0 Å². The summed E-state index contributed by atoms with van der Waals surface area (Å²) in [5.41, 5.74) is 8.15. The van der Waals surface area contributed by atoms with Crippen LogP contribution in [-0.2, 0) is 4.79 Å². The summed E-state index contributed by atoms with van der Waals surface area (Å²) in [6, 6.07) is -0.425. The van der Waals surface area contributed by atoms with E-state index in [9.17, 15) is 4.79 Å². The van der Waals surface area contributed by atoms with Gasteiger partial charge in [-0.05, 0) is 17.9 Å². The molecule has 5 nitrogen and oxygen atoms in total. The Morgan fingerprint density at radius 1 is 1.75 bits per heavy atom. The van der Waals surface area contributed by atoms with Gasteiger partial charge in [-0.3, -0.25) is 4.79 Å². The summed E-state index contributed by atoms with van der Waals surface area (Å²) in [5.74, 6) is 0.352. The minimum atomic E-state index is -0.475. The van der Waals surface area contributed by atoms with Crippen molar-refractivity contribution in [3.05, 3.63) is 10.4 Å². The Kier molecular flexibility index (Phi) is 2.55. The summed E-state index contributed by atoms with van der Waals surface area (Å²) in [4.78, 5) is 13.5. The molecule has 1 heterocycles. The Balaban J connectivity index is 2.48. The Labute approximate surface area is 70.8 Å². The predicted octanol–water partition coefficient (Wildman–Crippen LogP) is 1.21. The first-order valence-electron chi connectivity index (χ1n) is 3.99. The molecule has 12 heavy (non-hydrogen) atoms. The third-order valence-electron chi connectivity index (χ3n) is 1.88. The molecule has 1 N–H and O–H groups in total. The number of nitrogens with one attached hydrogen (secondary N) is 1. The number of hydrogen-bond acceptors (Lipinski definition) is 2. The maximum atomic E-state index is 10.8. The van der Waals surface area contributed by atoms with Gasteiger partial charge in [-0.25, -0.2) is 0 Å². The number of hydrogen-bond donors (Lipinski definition) is 1. The van der Waals surface area contributed by atoms with E-state index in [0.717, 1.165) is 6.42 Å². The van der Waals surface area contributed by atoms with Gasteiger partial charge in [-0.2, -0.15) is 0 Å². The topological polar surface area (TPSA) is 77.9 Å². The van der Waals surface area contributed by atoms with Gasteiger partial charge in [0.05, 0.1) is 0 Å². The van der Waals surface area contributed by atoms with Crippen LogP contribution in [0.5, 0.6) is 0 Å². The molecule has 1 saturated heterocycles. The fourth-order valence-electron chi connectivity index (χ4n) is 1.32. The summed E-state index contributed by atoms with van der Waals surface area (Å²) >= 11 is 0. The first-order valence-corrected chi connectivity index (χ1v) is 3.99. The molecule has 2 atom stereocenters. The fraction of sp³-hybridized carbons (Fsp3) is 0.857. The molecule has 0 aromatic carbocycles. The summed E-state index contributed by atoms with van der Waals surface area (Å²) in [7, 11) is 0. The molecular weight excluding hydrogens is 156 g/mol. The zero-order valence-electron chi connectivity index (χ0n) is 7.19. The van der Waals surface area contributed by atoms with Crippen LogP contribution in [0.4, 0.5) is 0 Å². The first kappa shape index (κ1) is 8.87. The second kappa shape index (κ2) is 3.45. The van der Waals surface area contributed by atoms with E-state index < -0.39 is 6.04 Å². The quantitative estimate of drug-likeness (QED) is 0.292. The Morgan fingerprint density at radius 3 is 2.83 bits per heavy atom. The van der Waals surface area contributed by atoms with Gasteiger partial charge < -0.3 is 5.32 Å². The van der Waals surface area contributed by atoms with Gasteiger partial charge in [-0.15, -0.1) is 0 Å². The van der Waals surface area contributed by atoms with E-state index in [1.54, 1.807) is 0 Å². The number of carbonyl (C=O) groups excluding carboxylic acids is 1. The van der Waals surface area contributed by atoms with Crippen LogP contribution in [0.1, 0.15) is 20.3 Å². The Hall–Kier alpha value is -1.22. The molecule has 1 rings (SSSR count). The number of β-lactam (4-membered cyclic amide) rings is 1. The van der Waals surface area contributed by atoms with Gasteiger partial charge in [-0.1, -0.05) is 19.0 Å². The van der Waals surface area contributed by atoms with Gasteiger partial charge in [0.25, 0.3) is 0 Å². The van der Waals surface area contributed by atoms with Crippen molar-refractivity contribution < 1.29 is 4.79 Å². The van der Waals surface area contributed by atoms with Crippen LogP contribution >= 0.6 is 0 Å². The third-order valence-corrected chi connectivity index (χ3v) is 1.88. The second-order valence-electron chi connectivity index (χ2n) is 3.39. The van der Waals surface area contributed by atoms with E-state index in [2.05, 4.69) is 29.2 Å². The average molecular weight is 168 g/mol. The smallest absolute Gasteiger partial charge is 0.231 e. The SMILES string of the molecule is CC(C)CC1NC(=O)C1N=[N+]=[N-]. The summed E-state index contributed by atoms with van der Waals surface area (Å²) in [5, 5.41) is 6.12. The molecule has 66 valence electrons. The minimum Gasteiger partial charge on any atom is -0.352 e. The van der Waals surface area contributed by atoms with Crippen LogP contribution in [0.15, 0.2) is 5.11 Å². The molecule has 0 spiro atoms. The molecule has 1 aliphatic heterocycles. The Bertz CT molecular complexity index is 230. The van der Waals surface area contributed by atoms with Crippen LogP contribution in [0.2, 0.25) is 0 Å².